The van der Waals surface area contributed by atoms with Crippen molar-refractivity contribution in [1.29, 1.82) is 5.41 Å². The van der Waals surface area contributed by atoms with Crippen molar-refractivity contribution in [1.82, 2.24) is 4.90 Å². The monoisotopic (exact) mass is 282 g/mol. The summed E-state index contributed by atoms with van der Waals surface area (Å²) < 4.78 is 23.3. The van der Waals surface area contributed by atoms with Gasteiger partial charge in [-0.05, 0) is 5.56 Å². The largest absolute Gasteiger partial charge is 0.342 e. The number of fused-ring (bicyclic) bond motifs is 1. The molecule has 1 N–H and O–H groups in total. The summed E-state index contributed by atoms with van der Waals surface area (Å²) in [7, 11) is -2.91. The Hall–Kier alpha value is -1.01. The fraction of sp³-hybridized carbons (Fsp3) is 0.417. The Kier molecular flexibility index (Phi) is 2.86. The maximum Gasteiger partial charge on any atom is 0.157 e. The van der Waals surface area contributed by atoms with Crippen molar-refractivity contribution in [3.05, 3.63) is 35.9 Å². The highest BCUT2D eigenvalue weighted by Crippen LogP contribution is 2.38. The summed E-state index contributed by atoms with van der Waals surface area (Å²) in [6.07, 6.45) is 0. The van der Waals surface area contributed by atoms with Crippen LogP contribution in [0.15, 0.2) is 30.3 Å². The maximum absolute atomic E-state index is 11.6. The van der Waals surface area contributed by atoms with E-state index in [4.69, 9.17) is 5.41 Å². The van der Waals surface area contributed by atoms with E-state index in [1.54, 1.807) is 0 Å². The number of thioether (sulfide) groups is 1. The molecule has 0 amide bonds. The lowest BCUT2D eigenvalue weighted by atomic mass is 10.1. The van der Waals surface area contributed by atoms with Gasteiger partial charge >= 0.3 is 0 Å². The summed E-state index contributed by atoms with van der Waals surface area (Å²) in [5.41, 5.74) is 1.12. The number of rotatable bonds is 2. The molecule has 0 bridgehead atoms. The van der Waals surface area contributed by atoms with Crippen LogP contribution in [0.3, 0.4) is 0 Å². The van der Waals surface area contributed by atoms with E-state index in [-0.39, 0.29) is 22.8 Å². The molecule has 2 atom stereocenters. The molecule has 4 nitrogen and oxygen atoms in total. The summed E-state index contributed by atoms with van der Waals surface area (Å²) in [4.78, 5) is 1.93. The van der Waals surface area contributed by atoms with Gasteiger partial charge in [-0.15, -0.1) is 0 Å². The normalized spacial score (nSPS) is 29.6. The highest BCUT2D eigenvalue weighted by atomic mass is 32.2. The van der Waals surface area contributed by atoms with Crippen molar-refractivity contribution in [2.24, 2.45) is 0 Å². The molecule has 0 spiro atoms. The summed E-state index contributed by atoms with van der Waals surface area (Å²) in [5, 5.41) is 8.53. The lowest BCUT2D eigenvalue weighted by molar-refractivity contribution is 0.349. The Morgan fingerprint density at radius 1 is 1.28 bits per heavy atom. The topological polar surface area (TPSA) is 61.2 Å². The van der Waals surface area contributed by atoms with E-state index in [0.29, 0.717) is 11.7 Å². The third-order valence-electron chi connectivity index (χ3n) is 3.39. The van der Waals surface area contributed by atoms with Crippen LogP contribution in [0.4, 0.5) is 0 Å². The molecule has 2 fully saturated rings. The van der Waals surface area contributed by atoms with Crippen molar-refractivity contribution < 1.29 is 8.42 Å². The van der Waals surface area contributed by atoms with E-state index in [2.05, 4.69) is 0 Å². The molecule has 1 aromatic carbocycles. The van der Waals surface area contributed by atoms with Crippen molar-refractivity contribution >= 4 is 26.8 Å². The predicted octanol–water partition coefficient (Wildman–Crippen LogP) is 1.34. The zero-order chi connectivity index (χ0) is 12.8. The molecule has 0 saturated carbocycles. The van der Waals surface area contributed by atoms with E-state index >= 15 is 0 Å². The minimum absolute atomic E-state index is 0.0206. The number of sulfone groups is 1. The molecule has 0 unspecified atom stereocenters. The third kappa shape index (κ3) is 2.14. The molecule has 2 aliphatic heterocycles. The fourth-order valence-electron chi connectivity index (χ4n) is 2.53. The van der Waals surface area contributed by atoms with Crippen LogP contribution < -0.4 is 0 Å². The molecule has 0 radical (unpaired) electrons. The number of nitrogens with one attached hydrogen (secondary N) is 1. The van der Waals surface area contributed by atoms with Crippen LogP contribution >= 0.6 is 11.8 Å². The predicted molar refractivity (Wildman–Crippen MR) is 73.5 cm³/mol. The summed E-state index contributed by atoms with van der Waals surface area (Å²) in [6, 6.07) is 9.88. The summed E-state index contributed by atoms with van der Waals surface area (Å²) in [6.45, 7) is 0.628. The van der Waals surface area contributed by atoms with Crippen molar-refractivity contribution in [3.63, 3.8) is 0 Å². The lowest BCUT2D eigenvalue weighted by Gasteiger charge is -2.23. The standard InChI is InChI=1S/C12H14N2O2S2/c13-12-14(6-9-4-2-1-3-5-9)10-7-18(15,16)8-11(10)17-12/h1-5,10-11,13H,6-8H2/t10-,11+/m1/s1. The third-order valence-corrected chi connectivity index (χ3v) is 6.56. The minimum atomic E-state index is -2.91. The van der Waals surface area contributed by atoms with Gasteiger partial charge in [-0.2, -0.15) is 0 Å². The second-order valence-corrected chi connectivity index (χ2v) is 8.10. The second kappa shape index (κ2) is 4.28. The van der Waals surface area contributed by atoms with Crippen LogP contribution in [0.25, 0.3) is 0 Å². The fourth-order valence-corrected chi connectivity index (χ4v) is 6.36. The van der Waals surface area contributed by atoms with Crippen molar-refractivity contribution in [2.45, 2.75) is 17.8 Å². The Bertz CT molecular complexity index is 571. The van der Waals surface area contributed by atoms with Gasteiger partial charge in [-0.25, -0.2) is 8.42 Å². The Morgan fingerprint density at radius 2 is 2.00 bits per heavy atom. The molecule has 18 heavy (non-hydrogen) atoms. The first-order valence-corrected chi connectivity index (χ1v) is 8.51. The molecule has 3 rings (SSSR count). The van der Waals surface area contributed by atoms with Gasteiger partial charge in [0, 0.05) is 11.8 Å². The number of amidine groups is 1. The van der Waals surface area contributed by atoms with Crippen LogP contribution in [-0.4, -0.2) is 41.3 Å². The summed E-state index contributed by atoms with van der Waals surface area (Å²) in [5.74, 6) is 0.413. The van der Waals surface area contributed by atoms with Crippen LogP contribution in [0.5, 0.6) is 0 Å². The first kappa shape index (κ1) is 12.0. The molecule has 1 aromatic rings. The number of hydrogen-bond donors (Lipinski definition) is 1. The van der Waals surface area contributed by atoms with Gasteiger partial charge in [0.1, 0.15) is 0 Å². The molecule has 2 aliphatic rings. The van der Waals surface area contributed by atoms with Crippen LogP contribution in [-0.2, 0) is 16.4 Å². The molecule has 2 saturated heterocycles. The average molecular weight is 282 g/mol. The SMILES string of the molecule is N=C1S[C@H]2CS(=O)(=O)C[C@H]2N1Cc1ccccc1. The van der Waals surface area contributed by atoms with Gasteiger partial charge in [0.2, 0.25) is 0 Å². The van der Waals surface area contributed by atoms with E-state index < -0.39 is 9.84 Å². The van der Waals surface area contributed by atoms with Gasteiger partial charge in [-0.1, -0.05) is 42.1 Å². The average Bonchev–Trinajstić information content (AvgIpc) is 2.74. The van der Waals surface area contributed by atoms with Crippen LogP contribution in [0.1, 0.15) is 5.56 Å². The summed E-state index contributed by atoms with van der Waals surface area (Å²) >= 11 is 1.40. The van der Waals surface area contributed by atoms with E-state index in [1.807, 2.05) is 35.2 Å². The minimum Gasteiger partial charge on any atom is -0.342 e. The van der Waals surface area contributed by atoms with Gasteiger partial charge in [0.15, 0.2) is 15.0 Å². The molecule has 0 aromatic heterocycles. The smallest absolute Gasteiger partial charge is 0.157 e. The van der Waals surface area contributed by atoms with E-state index in [1.165, 1.54) is 11.8 Å². The molecular weight excluding hydrogens is 268 g/mol. The highest BCUT2D eigenvalue weighted by Gasteiger charge is 2.47. The van der Waals surface area contributed by atoms with Gasteiger partial charge in [0.25, 0.3) is 0 Å². The molecule has 96 valence electrons. The lowest BCUT2D eigenvalue weighted by Crippen LogP contribution is -2.36. The first-order chi connectivity index (χ1) is 8.55. The van der Waals surface area contributed by atoms with E-state index in [0.717, 1.165) is 5.56 Å². The van der Waals surface area contributed by atoms with Crippen molar-refractivity contribution in [3.8, 4) is 0 Å². The van der Waals surface area contributed by atoms with Gasteiger partial charge in [-0.3, -0.25) is 5.41 Å². The van der Waals surface area contributed by atoms with E-state index in [9.17, 15) is 8.42 Å². The Balaban J connectivity index is 1.82. The van der Waals surface area contributed by atoms with Crippen LogP contribution in [0.2, 0.25) is 0 Å². The van der Waals surface area contributed by atoms with Gasteiger partial charge < -0.3 is 4.90 Å². The zero-order valence-corrected chi connectivity index (χ0v) is 11.4. The zero-order valence-electron chi connectivity index (χ0n) is 9.74. The Labute approximate surface area is 111 Å². The maximum atomic E-state index is 11.6. The Morgan fingerprint density at radius 3 is 2.72 bits per heavy atom. The quantitative estimate of drug-likeness (QED) is 0.889. The highest BCUT2D eigenvalue weighted by molar-refractivity contribution is 8.15. The number of benzene rings is 1. The number of nitrogens with zero attached hydrogens (tertiary/aromatic N) is 1. The van der Waals surface area contributed by atoms with Gasteiger partial charge in [0.05, 0.1) is 17.5 Å². The molecular formula is C12H14N2O2S2. The number of hydrogen-bond acceptors (Lipinski definition) is 4. The van der Waals surface area contributed by atoms with Crippen LogP contribution in [0, 0.1) is 5.41 Å². The molecule has 2 heterocycles. The second-order valence-electron chi connectivity index (χ2n) is 4.72. The first-order valence-electron chi connectivity index (χ1n) is 5.81. The molecule has 0 aliphatic carbocycles. The van der Waals surface area contributed by atoms with Crippen molar-refractivity contribution in [2.75, 3.05) is 11.5 Å². The molecule has 6 heteroatoms.